The number of aromatic nitrogens is 3. The van der Waals surface area contributed by atoms with E-state index in [0.717, 1.165) is 10.7 Å². The Bertz CT molecular complexity index is 531. The summed E-state index contributed by atoms with van der Waals surface area (Å²) in [5.41, 5.74) is 6.74. The van der Waals surface area contributed by atoms with Gasteiger partial charge >= 0.3 is 0 Å². The number of hydrogen-bond donors (Lipinski definition) is 2. The molecule has 0 aliphatic heterocycles. The van der Waals surface area contributed by atoms with Crippen molar-refractivity contribution in [1.29, 1.82) is 0 Å². The van der Waals surface area contributed by atoms with Crippen LogP contribution in [0.5, 0.6) is 0 Å². The van der Waals surface area contributed by atoms with Crippen LogP contribution in [0.4, 0.5) is 0 Å². The number of pyridine rings is 1. The average molecular weight is 222 g/mol. The zero-order valence-corrected chi connectivity index (χ0v) is 8.97. The summed E-state index contributed by atoms with van der Waals surface area (Å²) in [5, 5.41) is 9.12. The first-order valence-corrected chi connectivity index (χ1v) is 5.24. The maximum Gasteiger partial charge on any atom is 0.192 e. The molecule has 2 rings (SSSR count). The molecular weight excluding hydrogens is 212 g/mol. The van der Waals surface area contributed by atoms with Gasteiger partial charge in [0.2, 0.25) is 0 Å². The maximum atomic E-state index is 11.6. The summed E-state index contributed by atoms with van der Waals surface area (Å²) in [6.07, 6.45) is 1.65. The van der Waals surface area contributed by atoms with Crippen molar-refractivity contribution < 1.29 is 0 Å². The molecule has 2 aromatic rings. The van der Waals surface area contributed by atoms with Gasteiger partial charge in [0.1, 0.15) is 5.01 Å². The highest BCUT2D eigenvalue weighted by Crippen LogP contribution is 2.19. The molecular formula is C9H10N4OS. The number of rotatable bonds is 2. The van der Waals surface area contributed by atoms with Crippen LogP contribution in [0.2, 0.25) is 0 Å². The normalized spacial score (nSPS) is 10.5. The molecule has 0 saturated heterocycles. The van der Waals surface area contributed by atoms with Gasteiger partial charge in [0, 0.05) is 24.5 Å². The summed E-state index contributed by atoms with van der Waals surface area (Å²) in [6.45, 7) is 2.18. The van der Waals surface area contributed by atoms with Gasteiger partial charge in [-0.2, -0.15) is 0 Å². The first kappa shape index (κ1) is 10.0. The van der Waals surface area contributed by atoms with Gasteiger partial charge < -0.3 is 10.7 Å². The predicted molar refractivity (Wildman–Crippen MR) is 58.6 cm³/mol. The van der Waals surface area contributed by atoms with E-state index in [9.17, 15) is 4.79 Å². The van der Waals surface area contributed by atoms with Crippen molar-refractivity contribution in [2.24, 2.45) is 5.73 Å². The third kappa shape index (κ3) is 1.95. The Labute approximate surface area is 90.0 Å². The molecule has 3 N–H and O–H groups in total. The summed E-state index contributed by atoms with van der Waals surface area (Å²) in [4.78, 5) is 14.6. The Morgan fingerprint density at radius 2 is 2.33 bits per heavy atom. The summed E-state index contributed by atoms with van der Waals surface area (Å²) in [7, 11) is 0. The number of aromatic amines is 1. The van der Waals surface area contributed by atoms with Crippen LogP contribution < -0.4 is 11.2 Å². The molecule has 0 aliphatic rings. The van der Waals surface area contributed by atoms with Crippen LogP contribution in [0.15, 0.2) is 17.1 Å². The van der Waals surface area contributed by atoms with E-state index in [4.69, 9.17) is 5.73 Å². The predicted octanol–water partition coefficient (Wildman–Crippen LogP) is 0.661. The highest BCUT2D eigenvalue weighted by molar-refractivity contribution is 7.14. The minimum absolute atomic E-state index is 0.0500. The van der Waals surface area contributed by atoms with E-state index in [1.807, 2.05) is 6.92 Å². The fraction of sp³-hybridized carbons (Fsp3) is 0.222. The van der Waals surface area contributed by atoms with Crippen LogP contribution in [0.1, 0.15) is 10.7 Å². The number of nitrogens with one attached hydrogen (secondary N) is 1. The fourth-order valence-electron chi connectivity index (χ4n) is 1.19. The van der Waals surface area contributed by atoms with E-state index in [-0.39, 0.29) is 5.43 Å². The lowest BCUT2D eigenvalue weighted by Crippen LogP contribution is -2.04. The lowest BCUT2D eigenvalue weighted by molar-refractivity contribution is 0.959. The molecule has 0 aliphatic carbocycles. The zero-order chi connectivity index (χ0) is 10.8. The summed E-state index contributed by atoms with van der Waals surface area (Å²) >= 11 is 1.34. The van der Waals surface area contributed by atoms with E-state index in [2.05, 4.69) is 15.2 Å². The molecule has 0 bridgehead atoms. The molecule has 0 aromatic carbocycles. The maximum absolute atomic E-state index is 11.6. The lowest BCUT2D eigenvalue weighted by Gasteiger charge is -1.95. The van der Waals surface area contributed by atoms with Gasteiger partial charge in [-0.05, 0) is 6.92 Å². The molecule has 0 unspecified atom stereocenters. The van der Waals surface area contributed by atoms with Gasteiger partial charge in [-0.3, -0.25) is 4.79 Å². The highest BCUT2D eigenvalue weighted by atomic mass is 32.1. The van der Waals surface area contributed by atoms with E-state index < -0.39 is 0 Å². The quantitative estimate of drug-likeness (QED) is 0.781. The Morgan fingerprint density at radius 3 is 2.93 bits per heavy atom. The molecule has 0 amide bonds. The van der Waals surface area contributed by atoms with Crippen molar-refractivity contribution in [3.63, 3.8) is 0 Å². The molecule has 0 atom stereocenters. The molecule has 6 heteroatoms. The van der Waals surface area contributed by atoms with Crippen LogP contribution in [0.3, 0.4) is 0 Å². The van der Waals surface area contributed by atoms with E-state index in [0.29, 0.717) is 17.1 Å². The van der Waals surface area contributed by atoms with Gasteiger partial charge in [-0.1, -0.05) is 11.3 Å². The largest absolute Gasteiger partial charge is 0.364 e. The van der Waals surface area contributed by atoms with Crippen molar-refractivity contribution >= 4 is 11.3 Å². The monoisotopic (exact) mass is 222 g/mol. The third-order valence-corrected chi connectivity index (χ3v) is 2.91. The van der Waals surface area contributed by atoms with Crippen molar-refractivity contribution in [3.05, 3.63) is 33.2 Å². The summed E-state index contributed by atoms with van der Waals surface area (Å²) < 4.78 is 0. The molecule has 0 spiro atoms. The number of aryl methyl sites for hydroxylation is 1. The number of nitrogens with zero attached hydrogens (tertiary/aromatic N) is 2. The Balaban J connectivity index is 2.49. The molecule has 0 saturated carbocycles. The second-order valence-corrected chi connectivity index (χ2v) is 4.16. The van der Waals surface area contributed by atoms with Gasteiger partial charge in [-0.15, -0.1) is 10.2 Å². The third-order valence-electron chi connectivity index (χ3n) is 1.93. The Morgan fingerprint density at radius 1 is 1.53 bits per heavy atom. The van der Waals surface area contributed by atoms with Crippen LogP contribution >= 0.6 is 11.3 Å². The number of nitrogens with two attached hydrogens (primary N) is 1. The first-order valence-electron chi connectivity index (χ1n) is 4.43. The van der Waals surface area contributed by atoms with Gasteiger partial charge in [0.25, 0.3) is 0 Å². The zero-order valence-electron chi connectivity index (χ0n) is 8.15. The standard InChI is InChI=1S/C9H10N4OS/c1-5-2-7(14)6(4-11-5)9-13-12-8(3-10)15-9/h2,4H,3,10H2,1H3,(H,11,14). The number of H-pyrrole nitrogens is 1. The Hall–Kier alpha value is -1.53. The van der Waals surface area contributed by atoms with Crippen molar-refractivity contribution in [1.82, 2.24) is 15.2 Å². The van der Waals surface area contributed by atoms with Crippen LogP contribution in [0, 0.1) is 6.92 Å². The first-order chi connectivity index (χ1) is 7.20. The highest BCUT2D eigenvalue weighted by Gasteiger charge is 2.08. The molecule has 2 heterocycles. The van der Waals surface area contributed by atoms with Crippen molar-refractivity contribution in [2.45, 2.75) is 13.5 Å². The van der Waals surface area contributed by atoms with Gasteiger partial charge in [0.15, 0.2) is 10.4 Å². The van der Waals surface area contributed by atoms with Crippen LogP contribution in [-0.2, 0) is 6.54 Å². The molecule has 0 radical (unpaired) electrons. The summed E-state index contributed by atoms with van der Waals surface area (Å²) in [6, 6.07) is 1.54. The van der Waals surface area contributed by atoms with Crippen molar-refractivity contribution in [3.8, 4) is 10.6 Å². The van der Waals surface area contributed by atoms with E-state index in [1.165, 1.54) is 11.3 Å². The molecule has 0 fully saturated rings. The second-order valence-electron chi connectivity index (χ2n) is 3.10. The SMILES string of the molecule is Cc1cc(=O)c(-c2nnc(CN)s2)c[nH]1. The average Bonchev–Trinajstić information content (AvgIpc) is 2.66. The van der Waals surface area contributed by atoms with Gasteiger partial charge in [-0.25, -0.2) is 0 Å². The van der Waals surface area contributed by atoms with E-state index >= 15 is 0 Å². The Kier molecular flexibility index (Phi) is 2.61. The minimum Gasteiger partial charge on any atom is -0.364 e. The lowest BCUT2D eigenvalue weighted by atomic mass is 10.2. The number of hydrogen-bond acceptors (Lipinski definition) is 5. The second kappa shape index (κ2) is 3.92. The molecule has 2 aromatic heterocycles. The van der Waals surface area contributed by atoms with Crippen LogP contribution in [-0.4, -0.2) is 15.2 Å². The minimum atomic E-state index is -0.0500. The van der Waals surface area contributed by atoms with Crippen molar-refractivity contribution in [2.75, 3.05) is 0 Å². The van der Waals surface area contributed by atoms with E-state index in [1.54, 1.807) is 12.3 Å². The molecule has 5 nitrogen and oxygen atoms in total. The molecule has 15 heavy (non-hydrogen) atoms. The van der Waals surface area contributed by atoms with Gasteiger partial charge in [0.05, 0.1) is 5.56 Å². The fourth-order valence-corrected chi connectivity index (χ4v) is 1.92. The smallest absolute Gasteiger partial charge is 0.192 e. The molecule has 78 valence electrons. The summed E-state index contributed by atoms with van der Waals surface area (Å²) in [5.74, 6) is 0. The van der Waals surface area contributed by atoms with Crippen LogP contribution in [0.25, 0.3) is 10.6 Å². The topological polar surface area (TPSA) is 84.7 Å².